The van der Waals surface area contributed by atoms with Crippen LogP contribution in [0.15, 0.2) is 72.8 Å². The summed E-state index contributed by atoms with van der Waals surface area (Å²) in [4.78, 5) is 0. The van der Waals surface area contributed by atoms with E-state index in [4.69, 9.17) is 0 Å². The second kappa shape index (κ2) is 5.40. The van der Waals surface area contributed by atoms with Crippen molar-refractivity contribution in [3.8, 4) is 0 Å². The van der Waals surface area contributed by atoms with Crippen molar-refractivity contribution in [2.75, 3.05) is 0 Å². The molecule has 0 saturated heterocycles. The highest BCUT2D eigenvalue weighted by Gasteiger charge is 2.20. The second-order valence-corrected chi connectivity index (χ2v) is 9.95. The van der Waals surface area contributed by atoms with E-state index in [9.17, 15) is 0 Å². The Balaban J connectivity index is 1.78. The fourth-order valence-corrected chi connectivity index (χ4v) is 5.63. The highest BCUT2D eigenvalue weighted by atomic mass is 32.1. The molecule has 0 unspecified atom stereocenters. The molecule has 0 aliphatic rings. The molecule has 0 amide bonds. The molecule has 0 aliphatic carbocycles. The first-order chi connectivity index (χ1) is 13.5. The summed E-state index contributed by atoms with van der Waals surface area (Å²) in [5.74, 6) is 0. The Kier molecular flexibility index (Phi) is 3.12. The maximum absolute atomic E-state index is 2.38. The second-order valence-electron chi connectivity index (χ2n) is 8.90. The number of fused-ring (bicyclic) bond motifs is 3. The van der Waals surface area contributed by atoms with Gasteiger partial charge in [-0.25, -0.2) is 0 Å². The Morgan fingerprint density at radius 1 is 0.607 bits per heavy atom. The minimum atomic E-state index is 0.168. The van der Waals surface area contributed by atoms with Gasteiger partial charge in [0.2, 0.25) is 20.7 Å². The number of benzene rings is 5. The van der Waals surface area contributed by atoms with Crippen LogP contribution in [0.25, 0.3) is 52.5 Å². The van der Waals surface area contributed by atoms with Gasteiger partial charge < -0.3 is 0 Å². The third-order valence-electron chi connectivity index (χ3n) is 6.03. The summed E-state index contributed by atoms with van der Waals surface area (Å²) in [6, 6.07) is 27.5. The summed E-state index contributed by atoms with van der Waals surface area (Å²) in [6.07, 6.45) is 0. The lowest BCUT2D eigenvalue weighted by Crippen LogP contribution is -2.10. The molecule has 0 fully saturated rings. The van der Waals surface area contributed by atoms with Crippen LogP contribution in [0.5, 0.6) is 0 Å². The molecule has 134 valence electrons. The highest BCUT2D eigenvalue weighted by Crippen LogP contribution is 2.41. The third-order valence-corrected chi connectivity index (χ3v) is 7.28. The molecule has 28 heavy (non-hydrogen) atoms. The molecule has 0 radical (unpaired) electrons. The van der Waals surface area contributed by atoms with E-state index in [2.05, 4.69) is 93.6 Å². The van der Waals surface area contributed by atoms with Crippen molar-refractivity contribution in [2.45, 2.75) is 26.2 Å². The van der Waals surface area contributed by atoms with Crippen LogP contribution in [0.1, 0.15) is 26.3 Å². The normalized spacial score (nSPS) is 12.8. The molecule has 5 aromatic carbocycles. The molecule has 0 atom stereocenters. The monoisotopic (exact) mass is 377 g/mol. The molecule has 0 nitrogen and oxygen atoms in total. The van der Waals surface area contributed by atoms with E-state index in [-0.39, 0.29) is 5.41 Å². The smallest absolute Gasteiger partial charge is 0.0610 e. The third kappa shape index (κ3) is 2.20. The zero-order chi connectivity index (χ0) is 19.0. The first kappa shape index (κ1) is 16.2. The van der Waals surface area contributed by atoms with Crippen molar-refractivity contribution >= 4 is 63.8 Å². The van der Waals surface area contributed by atoms with E-state index in [1.54, 1.807) is 0 Å². The van der Waals surface area contributed by atoms with Gasteiger partial charge in [0.1, 0.15) is 0 Å². The highest BCUT2D eigenvalue weighted by molar-refractivity contribution is 7.25. The van der Waals surface area contributed by atoms with Gasteiger partial charge in [-0.15, -0.1) is 0 Å². The lowest BCUT2D eigenvalue weighted by atomic mass is 9.86. The zero-order valence-corrected chi connectivity index (χ0v) is 17.2. The van der Waals surface area contributed by atoms with Crippen LogP contribution in [0, 0.1) is 0 Å². The Morgan fingerprint density at radius 2 is 1.32 bits per heavy atom. The van der Waals surface area contributed by atoms with Gasteiger partial charge in [0.15, 0.2) is 0 Å². The number of rotatable bonds is 0. The van der Waals surface area contributed by atoms with Crippen molar-refractivity contribution in [3.05, 3.63) is 78.4 Å². The van der Waals surface area contributed by atoms with Gasteiger partial charge in [0, 0.05) is 27.6 Å². The topological polar surface area (TPSA) is 0 Å². The fraction of sp³-hybridized carbons (Fsp3) is 0.148. The summed E-state index contributed by atoms with van der Waals surface area (Å²) in [5, 5.41) is 10.9. The molecule has 0 aliphatic heterocycles. The Bertz CT molecular complexity index is 1520. The maximum Gasteiger partial charge on any atom is 0.246 e. The van der Waals surface area contributed by atoms with Gasteiger partial charge in [-0.3, -0.25) is 0 Å². The first-order valence-corrected chi connectivity index (χ1v) is 10.7. The minimum absolute atomic E-state index is 0.168. The fourth-order valence-electron chi connectivity index (χ4n) is 4.53. The van der Waals surface area contributed by atoms with Gasteiger partial charge in [-0.1, -0.05) is 63.2 Å². The Hall–Kier alpha value is -2.77. The molecule has 1 heteroatoms. The minimum Gasteiger partial charge on any atom is -0.0610 e. The van der Waals surface area contributed by atoms with Gasteiger partial charge >= 0.3 is 0 Å². The summed E-state index contributed by atoms with van der Waals surface area (Å²) < 4.78 is 2.75. The Labute approximate surface area is 168 Å². The SMILES string of the molecule is CC(C)(C)c1ccc2[s+]c3c(cc2c1)cc1ccc2cccc4ccc3c1c24. The van der Waals surface area contributed by atoms with Crippen LogP contribution in [-0.4, -0.2) is 0 Å². The molecule has 6 aromatic rings. The molecule has 0 bridgehead atoms. The molecule has 0 saturated carbocycles. The molecule has 1 aromatic heterocycles. The lowest BCUT2D eigenvalue weighted by molar-refractivity contribution is 0.591. The van der Waals surface area contributed by atoms with Crippen molar-refractivity contribution in [1.82, 2.24) is 0 Å². The van der Waals surface area contributed by atoms with E-state index in [0.717, 1.165) is 0 Å². The van der Waals surface area contributed by atoms with Crippen LogP contribution < -0.4 is 0 Å². The molecular weight excluding hydrogens is 356 g/mol. The summed E-state index contributed by atoms with van der Waals surface area (Å²) in [7, 11) is 0. The van der Waals surface area contributed by atoms with Gasteiger partial charge in [0.05, 0.1) is 0 Å². The predicted molar refractivity (Wildman–Crippen MR) is 126 cm³/mol. The standard InChI is InChI=1S/C27H21S/c1-27(2,3)21-10-12-23-19(15-21)14-20-13-18-8-7-16-5-4-6-17-9-11-22(26(20)28-23)25(18)24(16)17/h4-15H,1-3H3/q+1. The summed E-state index contributed by atoms with van der Waals surface area (Å²) >= 11 is 1.92. The molecular formula is C27H21S+. The quantitative estimate of drug-likeness (QED) is 0.141. The van der Waals surface area contributed by atoms with E-state index >= 15 is 0 Å². The molecule has 0 spiro atoms. The van der Waals surface area contributed by atoms with Crippen molar-refractivity contribution in [3.63, 3.8) is 0 Å². The van der Waals surface area contributed by atoms with Crippen LogP contribution in [0.4, 0.5) is 0 Å². The van der Waals surface area contributed by atoms with Crippen LogP contribution in [0.2, 0.25) is 0 Å². The van der Waals surface area contributed by atoms with E-state index in [1.807, 2.05) is 11.3 Å². The molecule has 0 N–H and O–H groups in total. The zero-order valence-electron chi connectivity index (χ0n) is 16.3. The molecule has 1 heterocycles. The van der Waals surface area contributed by atoms with E-state index in [0.29, 0.717) is 0 Å². The largest absolute Gasteiger partial charge is 0.246 e. The number of hydrogen-bond acceptors (Lipinski definition) is 0. The lowest BCUT2D eigenvalue weighted by Gasteiger charge is -2.18. The van der Waals surface area contributed by atoms with Gasteiger partial charge in [-0.05, 0) is 56.8 Å². The van der Waals surface area contributed by atoms with E-state index in [1.165, 1.54) is 58.1 Å². The van der Waals surface area contributed by atoms with E-state index < -0.39 is 0 Å². The maximum atomic E-state index is 2.38. The van der Waals surface area contributed by atoms with Crippen LogP contribution >= 0.6 is 11.3 Å². The van der Waals surface area contributed by atoms with Crippen LogP contribution in [0.3, 0.4) is 0 Å². The molecule has 6 rings (SSSR count). The van der Waals surface area contributed by atoms with Gasteiger partial charge in [0.25, 0.3) is 0 Å². The van der Waals surface area contributed by atoms with Crippen molar-refractivity contribution in [2.24, 2.45) is 0 Å². The Morgan fingerprint density at radius 3 is 2.11 bits per heavy atom. The summed E-state index contributed by atoms with van der Waals surface area (Å²) in [5.41, 5.74) is 1.56. The predicted octanol–water partition coefficient (Wildman–Crippen LogP) is 8.53. The average Bonchev–Trinajstić information content (AvgIpc) is 2.69. The summed E-state index contributed by atoms with van der Waals surface area (Å²) in [6.45, 7) is 6.84. The van der Waals surface area contributed by atoms with Crippen LogP contribution in [-0.2, 0) is 5.41 Å². The first-order valence-electron chi connectivity index (χ1n) is 9.87. The van der Waals surface area contributed by atoms with Crippen molar-refractivity contribution < 1.29 is 0 Å². The number of hydrogen-bond donors (Lipinski definition) is 0. The van der Waals surface area contributed by atoms with Gasteiger partial charge in [-0.2, -0.15) is 0 Å². The van der Waals surface area contributed by atoms with Crippen molar-refractivity contribution in [1.29, 1.82) is 0 Å². The average molecular weight is 378 g/mol.